The Balaban J connectivity index is 1.68. The first-order valence-corrected chi connectivity index (χ1v) is 10.3. The average molecular weight is 450 g/mol. The third-order valence-electron chi connectivity index (χ3n) is 3.95. The van der Waals surface area contributed by atoms with Crippen LogP contribution in [0, 0.1) is 11.6 Å². The summed E-state index contributed by atoms with van der Waals surface area (Å²) in [5.41, 5.74) is -0.403. The molecule has 8 nitrogen and oxygen atoms in total. The number of rotatable bonds is 8. The van der Waals surface area contributed by atoms with Gasteiger partial charge in [0.2, 0.25) is 0 Å². The van der Waals surface area contributed by atoms with Crippen molar-refractivity contribution in [3.8, 4) is 0 Å². The molecule has 0 radical (unpaired) electrons. The monoisotopic (exact) mass is 450 g/mol. The molecule has 0 aliphatic heterocycles. The quantitative estimate of drug-likeness (QED) is 0.510. The number of hydrogen-bond donors (Lipinski definition) is 2. The molecule has 0 fully saturated rings. The second-order valence-electron chi connectivity index (χ2n) is 6.16. The van der Waals surface area contributed by atoms with Crippen LogP contribution in [0.1, 0.15) is 16.1 Å². The molecule has 1 heterocycles. The number of furan rings is 1. The van der Waals surface area contributed by atoms with E-state index in [9.17, 15) is 26.8 Å². The van der Waals surface area contributed by atoms with Crippen LogP contribution < -0.4 is 10.0 Å². The molecule has 0 saturated heterocycles. The van der Waals surface area contributed by atoms with Crippen molar-refractivity contribution in [2.75, 3.05) is 11.3 Å². The SMILES string of the molecule is O=C(COC(=O)c1ccccc1NS(=O)(=O)c1ccc(F)cc1F)NCc1ccco1. The molecule has 1 amide bonds. The van der Waals surface area contributed by atoms with Crippen LogP contribution in [0.5, 0.6) is 0 Å². The van der Waals surface area contributed by atoms with Gasteiger partial charge in [-0.2, -0.15) is 0 Å². The first-order chi connectivity index (χ1) is 14.8. The third-order valence-corrected chi connectivity index (χ3v) is 5.35. The van der Waals surface area contributed by atoms with Crippen molar-refractivity contribution in [3.63, 3.8) is 0 Å². The Kier molecular flexibility index (Phi) is 6.65. The summed E-state index contributed by atoms with van der Waals surface area (Å²) < 4.78 is 63.9. The van der Waals surface area contributed by atoms with Crippen LogP contribution in [0.15, 0.2) is 70.2 Å². The van der Waals surface area contributed by atoms with Crippen LogP contribution in [-0.2, 0) is 26.1 Å². The molecule has 1 aromatic heterocycles. The van der Waals surface area contributed by atoms with Crippen molar-refractivity contribution in [2.45, 2.75) is 11.4 Å². The summed E-state index contributed by atoms with van der Waals surface area (Å²) in [4.78, 5) is 23.4. The maximum atomic E-state index is 13.9. The number of amides is 1. The summed E-state index contributed by atoms with van der Waals surface area (Å²) >= 11 is 0. The molecule has 2 aromatic carbocycles. The second kappa shape index (κ2) is 9.39. The number of carbonyl (C=O) groups is 2. The first-order valence-electron chi connectivity index (χ1n) is 8.79. The lowest BCUT2D eigenvalue weighted by Gasteiger charge is -2.13. The van der Waals surface area contributed by atoms with Gasteiger partial charge in [0, 0.05) is 6.07 Å². The number of carbonyl (C=O) groups excluding carboxylic acids is 2. The fraction of sp³-hybridized carbons (Fsp3) is 0.100. The molecule has 0 aliphatic carbocycles. The van der Waals surface area contributed by atoms with Crippen molar-refractivity contribution >= 4 is 27.6 Å². The van der Waals surface area contributed by atoms with E-state index in [1.807, 2.05) is 0 Å². The normalized spacial score (nSPS) is 11.0. The smallest absolute Gasteiger partial charge is 0.340 e. The highest BCUT2D eigenvalue weighted by Crippen LogP contribution is 2.23. The largest absolute Gasteiger partial charge is 0.467 e. The number of anilines is 1. The number of halogens is 2. The van der Waals surface area contributed by atoms with Gasteiger partial charge in [-0.25, -0.2) is 22.0 Å². The Morgan fingerprint density at radius 2 is 1.81 bits per heavy atom. The lowest BCUT2D eigenvalue weighted by molar-refractivity contribution is -0.124. The summed E-state index contributed by atoms with van der Waals surface area (Å²) in [6.07, 6.45) is 1.44. The lowest BCUT2D eigenvalue weighted by atomic mass is 10.2. The summed E-state index contributed by atoms with van der Waals surface area (Å²) in [6.45, 7) is -0.518. The van der Waals surface area contributed by atoms with Gasteiger partial charge in [0.05, 0.1) is 24.1 Å². The maximum Gasteiger partial charge on any atom is 0.340 e. The van der Waals surface area contributed by atoms with E-state index < -0.39 is 45.0 Å². The molecule has 3 aromatic rings. The summed E-state index contributed by atoms with van der Waals surface area (Å²) in [6, 6.07) is 10.7. The molecule has 0 spiro atoms. The average Bonchev–Trinajstić information content (AvgIpc) is 3.24. The van der Waals surface area contributed by atoms with Crippen LogP contribution >= 0.6 is 0 Å². The van der Waals surface area contributed by atoms with Crippen LogP contribution in [0.4, 0.5) is 14.5 Å². The molecular weight excluding hydrogens is 434 g/mol. The van der Waals surface area contributed by atoms with Gasteiger partial charge >= 0.3 is 5.97 Å². The molecule has 11 heteroatoms. The van der Waals surface area contributed by atoms with Gasteiger partial charge in [0.25, 0.3) is 15.9 Å². The van der Waals surface area contributed by atoms with E-state index in [2.05, 4.69) is 10.0 Å². The van der Waals surface area contributed by atoms with Gasteiger partial charge in [-0.1, -0.05) is 12.1 Å². The fourth-order valence-corrected chi connectivity index (χ4v) is 3.64. The summed E-state index contributed by atoms with van der Waals surface area (Å²) in [5.74, 6) is -3.30. The highest BCUT2D eigenvalue weighted by Gasteiger charge is 2.23. The Morgan fingerprint density at radius 3 is 2.52 bits per heavy atom. The van der Waals surface area contributed by atoms with E-state index in [4.69, 9.17) is 9.15 Å². The standard InChI is InChI=1S/C20H16F2N2O6S/c21-13-7-8-18(16(22)10-13)31(27,28)24-17-6-2-1-5-15(17)20(26)30-12-19(25)23-11-14-4-3-9-29-14/h1-10,24H,11-12H2,(H,23,25). The molecule has 0 unspecified atom stereocenters. The number of ether oxygens (including phenoxy) is 1. The molecule has 0 bridgehead atoms. The van der Waals surface area contributed by atoms with E-state index in [0.29, 0.717) is 11.8 Å². The van der Waals surface area contributed by atoms with E-state index in [0.717, 1.165) is 12.1 Å². The van der Waals surface area contributed by atoms with Crippen LogP contribution in [0.2, 0.25) is 0 Å². The van der Waals surface area contributed by atoms with Gasteiger partial charge < -0.3 is 14.5 Å². The number of esters is 1. The van der Waals surface area contributed by atoms with E-state index >= 15 is 0 Å². The Morgan fingerprint density at radius 1 is 1.03 bits per heavy atom. The van der Waals surface area contributed by atoms with Crippen molar-refractivity contribution < 1.29 is 35.9 Å². The van der Waals surface area contributed by atoms with Crippen LogP contribution in [0.3, 0.4) is 0 Å². The van der Waals surface area contributed by atoms with Gasteiger partial charge in [0.15, 0.2) is 6.61 Å². The van der Waals surface area contributed by atoms with Crippen molar-refractivity contribution in [1.82, 2.24) is 5.32 Å². The zero-order valence-corrected chi connectivity index (χ0v) is 16.6. The molecule has 0 saturated carbocycles. The number of para-hydroxylation sites is 1. The second-order valence-corrected chi connectivity index (χ2v) is 7.81. The molecule has 3 rings (SSSR count). The molecular formula is C20H16F2N2O6S. The Labute approximate surface area is 175 Å². The van der Waals surface area contributed by atoms with Gasteiger partial charge in [0.1, 0.15) is 22.3 Å². The van der Waals surface area contributed by atoms with Gasteiger partial charge in [-0.05, 0) is 36.4 Å². The number of hydrogen-bond acceptors (Lipinski definition) is 6. The van der Waals surface area contributed by atoms with Gasteiger partial charge in [-0.15, -0.1) is 0 Å². The molecule has 2 N–H and O–H groups in total. The topological polar surface area (TPSA) is 115 Å². The number of sulfonamides is 1. The third kappa shape index (κ3) is 5.66. The van der Waals surface area contributed by atoms with Crippen molar-refractivity contribution in [1.29, 1.82) is 0 Å². The van der Waals surface area contributed by atoms with Gasteiger partial charge in [-0.3, -0.25) is 9.52 Å². The van der Waals surface area contributed by atoms with E-state index in [1.165, 1.54) is 30.5 Å². The minimum Gasteiger partial charge on any atom is -0.467 e. The summed E-state index contributed by atoms with van der Waals surface area (Å²) in [7, 11) is -4.47. The van der Waals surface area contributed by atoms with Crippen LogP contribution in [-0.4, -0.2) is 26.9 Å². The Bertz CT molecular complexity index is 1200. The van der Waals surface area contributed by atoms with E-state index in [1.54, 1.807) is 12.1 Å². The predicted molar refractivity (Wildman–Crippen MR) is 104 cm³/mol. The van der Waals surface area contributed by atoms with Crippen molar-refractivity contribution in [3.05, 3.63) is 83.8 Å². The highest BCUT2D eigenvalue weighted by molar-refractivity contribution is 7.92. The number of benzene rings is 2. The molecule has 0 aliphatic rings. The zero-order valence-electron chi connectivity index (χ0n) is 15.8. The maximum absolute atomic E-state index is 13.9. The zero-order chi connectivity index (χ0) is 22.4. The molecule has 0 atom stereocenters. The molecule has 162 valence electrons. The Hall–Kier alpha value is -3.73. The highest BCUT2D eigenvalue weighted by atomic mass is 32.2. The predicted octanol–water partition coefficient (Wildman–Crippen LogP) is 2.83. The summed E-state index contributed by atoms with van der Waals surface area (Å²) in [5, 5.41) is 2.48. The minimum absolute atomic E-state index is 0.100. The van der Waals surface area contributed by atoms with Crippen LogP contribution in [0.25, 0.3) is 0 Å². The minimum atomic E-state index is -4.47. The molecule has 31 heavy (non-hydrogen) atoms. The van der Waals surface area contributed by atoms with Crippen molar-refractivity contribution in [2.24, 2.45) is 0 Å². The fourth-order valence-electron chi connectivity index (χ4n) is 2.50. The first kappa shape index (κ1) is 22.0. The number of nitrogens with one attached hydrogen (secondary N) is 2. The van der Waals surface area contributed by atoms with E-state index in [-0.39, 0.29) is 17.8 Å². The lowest BCUT2D eigenvalue weighted by Crippen LogP contribution is -2.28.